The molecule has 0 unspecified atom stereocenters. The van der Waals surface area contributed by atoms with Gasteiger partial charge >= 0.3 is 0 Å². The number of rotatable bonds is 7. The Kier molecular flexibility index (Phi) is 5.93. The fourth-order valence-electron chi connectivity index (χ4n) is 2.79. The maximum absolute atomic E-state index is 12.6. The molecule has 0 atom stereocenters. The highest BCUT2D eigenvalue weighted by Gasteiger charge is 2.22. The van der Waals surface area contributed by atoms with Crippen molar-refractivity contribution in [3.8, 4) is 5.75 Å². The number of ether oxygens (including phenoxy) is 2. The van der Waals surface area contributed by atoms with Crippen LogP contribution < -0.4 is 9.46 Å². The molecule has 3 rings (SSSR count). The summed E-state index contributed by atoms with van der Waals surface area (Å²) in [5, 5.41) is 1.05. The second-order valence-electron chi connectivity index (χ2n) is 6.04. The first kappa shape index (κ1) is 20.2. The number of aromatic nitrogens is 1. The summed E-state index contributed by atoms with van der Waals surface area (Å²) in [4.78, 5) is 12.6. The van der Waals surface area contributed by atoms with Gasteiger partial charge in [-0.05, 0) is 30.3 Å². The van der Waals surface area contributed by atoms with Gasteiger partial charge in [0.25, 0.3) is 15.9 Å². The molecule has 0 aliphatic rings. The maximum Gasteiger partial charge on any atom is 0.267 e. The van der Waals surface area contributed by atoms with Crippen LogP contribution in [0.3, 0.4) is 0 Å². The number of sulfonamides is 1. The first-order chi connectivity index (χ1) is 13.3. The monoisotopic (exact) mass is 422 g/mol. The van der Waals surface area contributed by atoms with Gasteiger partial charge in [-0.2, -0.15) is 0 Å². The lowest BCUT2D eigenvalue weighted by atomic mass is 10.2. The van der Waals surface area contributed by atoms with Crippen LogP contribution >= 0.6 is 11.6 Å². The third-order valence-electron chi connectivity index (χ3n) is 4.11. The summed E-state index contributed by atoms with van der Waals surface area (Å²) < 4.78 is 39.2. The van der Waals surface area contributed by atoms with Gasteiger partial charge in [-0.15, -0.1) is 0 Å². The van der Waals surface area contributed by atoms with Crippen molar-refractivity contribution >= 4 is 38.4 Å². The number of carbonyl (C=O) groups is 1. The van der Waals surface area contributed by atoms with Crippen molar-refractivity contribution in [2.75, 3.05) is 20.3 Å². The Morgan fingerprint density at radius 3 is 2.54 bits per heavy atom. The topological polar surface area (TPSA) is 86.6 Å². The van der Waals surface area contributed by atoms with E-state index in [2.05, 4.69) is 4.72 Å². The Morgan fingerprint density at radius 2 is 1.86 bits per heavy atom. The first-order valence-corrected chi connectivity index (χ1v) is 10.2. The molecule has 0 spiro atoms. The SMILES string of the molecule is COCCOc1ccc(S(=O)(=O)NC(=O)c2cn(C)c3c(Cl)cccc23)cc1. The normalized spacial score (nSPS) is 11.5. The number of halogens is 1. The standard InChI is InChI=1S/C19H19ClN2O5S/c1-22-12-16(15-4-3-5-17(20)18(15)22)19(23)21-28(24,25)14-8-6-13(7-9-14)27-11-10-26-2/h3-9,12H,10-11H2,1-2H3,(H,21,23). The fourth-order valence-corrected chi connectivity index (χ4v) is 4.07. The number of hydrogen-bond donors (Lipinski definition) is 1. The van der Waals surface area contributed by atoms with E-state index in [1.165, 1.54) is 24.3 Å². The third kappa shape index (κ3) is 4.14. The van der Waals surface area contributed by atoms with Crippen LogP contribution in [0.25, 0.3) is 10.9 Å². The molecule has 0 saturated heterocycles. The highest BCUT2D eigenvalue weighted by atomic mass is 35.5. The predicted octanol–water partition coefficient (Wildman–Crippen LogP) is 2.98. The molecule has 1 N–H and O–H groups in total. The van der Waals surface area contributed by atoms with Crippen LogP contribution in [0.15, 0.2) is 53.6 Å². The van der Waals surface area contributed by atoms with Gasteiger partial charge < -0.3 is 14.0 Å². The number of hydrogen-bond acceptors (Lipinski definition) is 5. The van der Waals surface area contributed by atoms with Crippen LogP contribution in [0.4, 0.5) is 0 Å². The van der Waals surface area contributed by atoms with Gasteiger partial charge in [-0.1, -0.05) is 23.7 Å². The second-order valence-corrected chi connectivity index (χ2v) is 8.13. The molecule has 7 nitrogen and oxygen atoms in total. The largest absolute Gasteiger partial charge is 0.491 e. The zero-order valence-corrected chi connectivity index (χ0v) is 16.9. The lowest BCUT2D eigenvalue weighted by Gasteiger charge is -2.08. The summed E-state index contributed by atoms with van der Waals surface area (Å²) in [7, 11) is -0.742. The van der Waals surface area contributed by atoms with E-state index in [1.54, 1.807) is 43.1 Å². The quantitative estimate of drug-likeness (QED) is 0.591. The third-order valence-corrected chi connectivity index (χ3v) is 5.77. The summed E-state index contributed by atoms with van der Waals surface area (Å²) in [6, 6.07) is 10.9. The smallest absolute Gasteiger partial charge is 0.267 e. The zero-order chi connectivity index (χ0) is 20.3. The van der Waals surface area contributed by atoms with Crippen molar-refractivity contribution in [2.45, 2.75) is 4.90 Å². The van der Waals surface area contributed by atoms with Crippen molar-refractivity contribution in [2.24, 2.45) is 7.05 Å². The Bertz CT molecular complexity index is 1110. The lowest BCUT2D eigenvalue weighted by molar-refractivity contribution is 0.0983. The molecule has 1 heterocycles. The Morgan fingerprint density at radius 1 is 1.14 bits per heavy atom. The van der Waals surface area contributed by atoms with Gasteiger partial charge in [0.15, 0.2) is 0 Å². The van der Waals surface area contributed by atoms with Gasteiger partial charge in [0.2, 0.25) is 0 Å². The number of para-hydroxylation sites is 1. The number of aryl methyl sites for hydroxylation is 1. The summed E-state index contributed by atoms with van der Waals surface area (Å²) >= 11 is 6.18. The molecule has 0 fully saturated rings. The van der Waals surface area contributed by atoms with Crippen molar-refractivity contribution < 1.29 is 22.7 Å². The van der Waals surface area contributed by atoms with E-state index in [-0.39, 0.29) is 10.5 Å². The number of methoxy groups -OCH3 is 1. The molecule has 2 aromatic carbocycles. The number of nitrogens with zero attached hydrogens (tertiary/aromatic N) is 1. The molecule has 28 heavy (non-hydrogen) atoms. The molecule has 1 amide bonds. The van der Waals surface area contributed by atoms with E-state index < -0.39 is 15.9 Å². The summed E-state index contributed by atoms with van der Waals surface area (Å²) in [6.07, 6.45) is 1.55. The minimum Gasteiger partial charge on any atom is -0.491 e. The molecular weight excluding hydrogens is 404 g/mol. The predicted molar refractivity (Wildman–Crippen MR) is 106 cm³/mol. The fraction of sp³-hybridized carbons (Fsp3) is 0.211. The number of carbonyl (C=O) groups excluding carboxylic acids is 1. The Balaban J connectivity index is 1.81. The first-order valence-electron chi connectivity index (χ1n) is 8.36. The van der Waals surface area contributed by atoms with Crippen LogP contribution in [0, 0.1) is 0 Å². The highest BCUT2D eigenvalue weighted by molar-refractivity contribution is 7.90. The minimum absolute atomic E-state index is 0.0433. The molecule has 0 saturated carbocycles. The van der Waals surface area contributed by atoms with Crippen LogP contribution in [-0.2, 0) is 21.8 Å². The summed E-state index contributed by atoms with van der Waals surface area (Å²) in [6.45, 7) is 0.772. The molecule has 0 radical (unpaired) electrons. The molecule has 0 bridgehead atoms. The van der Waals surface area contributed by atoms with Crippen molar-refractivity contribution in [1.29, 1.82) is 0 Å². The van der Waals surface area contributed by atoms with E-state index in [4.69, 9.17) is 21.1 Å². The molecule has 148 valence electrons. The summed E-state index contributed by atoms with van der Waals surface area (Å²) in [5.41, 5.74) is 0.882. The molecular formula is C19H19ClN2O5S. The second kappa shape index (κ2) is 8.22. The zero-order valence-electron chi connectivity index (χ0n) is 15.3. The van der Waals surface area contributed by atoms with Crippen molar-refractivity contribution in [3.63, 3.8) is 0 Å². The van der Waals surface area contributed by atoms with Gasteiger partial charge in [0.05, 0.1) is 27.6 Å². The Labute approximate surface area is 167 Å². The van der Waals surface area contributed by atoms with Crippen LogP contribution in [0.2, 0.25) is 5.02 Å². The number of benzene rings is 2. The van der Waals surface area contributed by atoms with Crippen LogP contribution in [0.1, 0.15) is 10.4 Å². The van der Waals surface area contributed by atoms with E-state index in [0.717, 1.165) is 0 Å². The maximum atomic E-state index is 12.6. The average molecular weight is 423 g/mol. The van der Waals surface area contributed by atoms with Crippen LogP contribution in [0.5, 0.6) is 5.75 Å². The Hall–Kier alpha value is -2.55. The number of amides is 1. The summed E-state index contributed by atoms with van der Waals surface area (Å²) in [5.74, 6) is -0.223. The van der Waals surface area contributed by atoms with E-state index in [9.17, 15) is 13.2 Å². The number of nitrogens with one attached hydrogen (secondary N) is 1. The average Bonchev–Trinajstić information content (AvgIpc) is 3.00. The molecule has 0 aliphatic heterocycles. The van der Waals surface area contributed by atoms with E-state index in [0.29, 0.717) is 34.9 Å². The molecule has 1 aromatic heterocycles. The highest BCUT2D eigenvalue weighted by Crippen LogP contribution is 2.27. The molecule has 3 aromatic rings. The van der Waals surface area contributed by atoms with Gasteiger partial charge in [0.1, 0.15) is 12.4 Å². The minimum atomic E-state index is -4.04. The van der Waals surface area contributed by atoms with Gasteiger partial charge in [-0.25, -0.2) is 13.1 Å². The molecule has 0 aliphatic carbocycles. The van der Waals surface area contributed by atoms with Crippen molar-refractivity contribution in [1.82, 2.24) is 9.29 Å². The van der Waals surface area contributed by atoms with Gasteiger partial charge in [0, 0.05) is 25.7 Å². The van der Waals surface area contributed by atoms with E-state index in [1.807, 2.05) is 0 Å². The van der Waals surface area contributed by atoms with Crippen LogP contribution in [-0.4, -0.2) is 39.2 Å². The van der Waals surface area contributed by atoms with E-state index >= 15 is 0 Å². The van der Waals surface area contributed by atoms with Crippen molar-refractivity contribution in [3.05, 3.63) is 59.2 Å². The van der Waals surface area contributed by atoms with Gasteiger partial charge in [-0.3, -0.25) is 4.79 Å². The molecule has 9 heteroatoms. The lowest BCUT2D eigenvalue weighted by Crippen LogP contribution is -2.30. The number of fused-ring (bicyclic) bond motifs is 1.